The fraction of sp³-hybridized carbons (Fsp3) is 0.455. The molecule has 0 spiro atoms. The van der Waals surface area contributed by atoms with E-state index in [0.717, 1.165) is 23.1 Å². The molecule has 2 rings (SSSR count). The molecule has 0 radical (unpaired) electrons. The van der Waals surface area contributed by atoms with E-state index in [1.165, 1.54) is 12.8 Å². The fourth-order valence-corrected chi connectivity index (χ4v) is 2.88. The zero-order valence-corrected chi connectivity index (χ0v) is 17.5. The molecular formula is C22H31N5O. The van der Waals surface area contributed by atoms with E-state index in [4.69, 9.17) is 17.1 Å². The number of nitrogens with two attached hydrogens (primary N) is 1. The number of terminal acetylenes is 1. The van der Waals surface area contributed by atoms with Gasteiger partial charge in [0.1, 0.15) is 11.5 Å². The van der Waals surface area contributed by atoms with Crippen LogP contribution in [0.2, 0.25) is 0 Å². The highest BCUT2D eigenvalue weighted by atomic mass is 16.1. The van der Waals surface area contributed by atoms with Crippen molar-refractivity contribution < 1.29 is 4.79 Å². The van der Waals surface area contributed by atoms with Gasteiger partial charge < -0.3 is 16.5 Å². The first kappa shape index (κ1) is 21.5. The molecule has 1 fully saturated rings. The van der Waals surface area contributed by atoms with Gasteiger partial charge >= 0.3 is 0 Å². The van der Waals surface area contributed by atoms with Crippen LogP contribution >= 0.6 is 0 Å². The number of amidine groups is 1. The second kappa shape index (κ2) is 8.94. The van der Waals surface area contributed by atoms with Crippen LogP contribution in [0.4, 0.5) is 0 Å². The van der Waals surface area contributed by atoms with Gasteiger partial charge in [-0.25, -0.2) is 4.99 Å². The van der Waals surface area contributed by atoms with Crippen molar-refractivity contribution in [3.8, 4) is 12.3 Å². The maximum atomic E-state index is 11.3. The average Bonchev–Trinajstić information content (AvgIpc) is 3.46. The number of carbonyl (C=O) groups is 1. The lowest BCUT2D eigenvalue weighted by atomic mass is 9.89. The van der Waals surface area contributed by atoms with Gasteiger partial charge in [-0.3, -0.25) is 9.47 Å². The van der Waals surface area contributed by atoms with E-state index in [2.05, 4.69) is 16.7 Å². The second-order valence-electron chi connectivity index (χ2n) is 7.48. The van der Waals surface area contributed by atoms with Crippen molar-refractivity contribution in [2.75, 3.05) is 19.0 Å². The summed E-state index contributed by atoms with van der Waals surface area (Å²) in [6, 6.07) is 0.573. The largest absolute Gasteiger partial charge is 0.382 e. The standard InChI is InChI=1S/C22H31N5O/c1-7-15(3)19(11-22(5,8-2)14-25-18-9-10-18)26-21(23)20-16(4)17(13-28)12-27(20)24-6/h2,7,11-13,18,24-25H,9-10,14H2,1,3-6H3,(H2,23,26)/b15-7-,19-11+. The molecule has 0 aromatic carbocycles. The minimum atomic E-state index is -0.486. The van der Waals surface area contributed by atoms with Crippen molar-refractivity contribution in [1.29, 1.82) is 0 Å². The molecule has 0 amide bonds. The van der Waals surface area contributed by atoms with Crippen molar-refractivity contribution >= 4 is 12.1 Å². The Kier molecular flexibility index (Phi) is 6.87. The van der Waals surface area contributed by atoms with Gasteiger partial charge in [-0.05, 0) is 57.7 Å². The number of nitrogens with zero attached hydrogens (tertiary/aromatic N) is 2. The normalized spacial score (nSPS) is 17.8. The van der Waals surface area contributed by atoms with Crippen LogP contribution in [0.3, 0.4) is 0 Å². The van der Waals surface area contributed by atoms with E-state index in [0.29, 0.717) is 29.7 Å². The number of rotatable bonds is 9. The summed E-state index contributed by atoms with van der Waals surface area (Å²) in [5.74, 6) is 3.21. The van der Waals surface area contributed by atoms with E-state index < -0.39 is 5.41 Å². The van der Waals surface area contributed by atoms with Crippen LogP contribution in [0.1, 0.15) is 55.2 Å². The number of nitrogens with one attached hydrogen (secondary N) is 2. The van der Waals surface area contributed by atoms with Gasteiger partial charge in [0.05, 0.1) is 11.1 Å². The van der Waals surface area contributed by atoms with E-state index in [9.17, 15) is 4.79 Å². The van der Waals surface area contributed by atoms with Crippen molar-refractivity contribution in [2.45, 2.75) is 46.6 Å². The van der Waals surface area contributed by atoms with Gasteiger partial charge in [0.15, 0.2) is 6.29 Å². The highest BCUT2D eigenvalue weighted by Gasteiger charge is 2.26. The van der Waals surface area contributed by atoms with Crippen molar-refractivity contribution in [3.63, 3.8) is 0 Å². The summed E-state index contributed by atoms with van der Waals surface area (Å²) in [5, 5.41) is 3.49. The van der Waals surface area contributed by atoms with Gasteiger partial charge in [0.25, 0.3) is 0 Å². The molecule has 1 atom stereocenters. The van der Waals surface area contributed by atoms with Crippen LogP contribution in [0, 0.1) is 24.7 Å². The molecule has 0 aliphatic heterocycles. The number of aromatic nitrogens is 1. The Hall–Kier alpha value is -2.78. The molecule has 1 aromatic rings. The van der Waals surface area contributed by atoms with Crippen molar-refractivity contribution in [1.82, 2.24) is 9.99 Å². The molecule has 1 unspecified atom stereocenters. The zero-order chi connectivity index (χ0) is 20.9. The number of hydrogen-bond donors (Lipinski definition) is 3. The number of carbonyl (C=O) groups excluding carboxylic acids is 1. The topological polar surface area (TPSA) is 84.4 Å². The molecule has 0 bridgehead atoms. The summed E-state index contributed by atoms with van der Waals surface area (Å²) >= 11 is 0. The number of hydrogen-bond acceptors (Lipinski definition) is 4. The molecule has 4 N–H and O–H groups in total. The number of aliphatic imine (C=N–C) groups is 1. The van der Waals surface area contributed by atoms with E-state index >= 15 is 0 Å². The predicted octanol–water partition coefficient (Wildman–Crippen LogP) is 2.73. The van der Waals surface area contributed by atoms with E-state index in [-0.39, 0.29) is 0 Å². The molecule has 6 nitrogen and oxygen atoms in total. The lowest BCUT2D eigenvalue weighted by molar-refractivity contribution is 0.112. The Bertz CT molecular complexity index is 864. The zero-order valence-electron chi connectivity index (χ0n) is 17.5. The molecule has 0 saturated heterocycles. The van der Waals surface area contributed by atoms with Gasteiger partial charge in [-0.1, -0.05) is 12.0 Å². The number of allylic oxidation sites excluding steroid dienone is 2. The third-order valence-electron chi connectivity index (χ3n) is 5.11. The van der Waals surface area contributed by atoms with E-state index in [1.807, 2.05) is 39.8 Å². The summed E-state index contributed by atoms with van der Waals surface area (Å²) in [4.78, 5) is 16.0. The Morgan fingerprint density at radius 2 is 2.21 bits per heavy atom. The number of aldehydes is 1. The van der Waals surface area contributed by atoms with Gasteiger partial charge in [0.2, 0.25) is 0 Å². The Morgan fingerprint density at radius 3 is 2.71 bits per heavy atom. The predicted molar refractivity (Wildman–Crippen MR) is 116 cm³/mol. The maximum absolute atomic E-state index is 11.3. The summed E-state index contributed by atoms with van der Waals surface area (Å²) in [7, 11) is 1.76. The molecule has 1 heterocycles. The fourth-order valence-electron chi connectivity index (χ4n) is 2.88. The van der Waals surface area contributed by atoms with Crippen LogP contribution < -0.4 is 16.5 Å². The van der Waals surface area contributed by atoms with Gasteiger partial charge in [-0.2, -0.15) is 0 Å². The van der Waals surface area contributed by atoms with Crippen LogP contribution in [0.15, 0.2) is 34.6 Å². The van der Waals surface area contributed by atoms with Crippen LogP contribution in [-0.4, -0.2) is 36.4 Å². The smallest absolute Gasteiger partial charge is 0.151 e. The molecule has 28 heavy (non-hydrogen) atoms. The Balaban J connectivity index is 2.47. The van der Waals surface area contributed by atoms with Crippen LogP contribution in [0.5, 0.6) is 0 Å². The molecule has 150 valence electrons. The minimum absolute atomic E-state index is 0.321. The minimum Gasteiger partial charge on any atom is -0.382 e. The summed E-state index contributed by atoms with van der Waals surface area (Å²) < 4.78 is 1.70. The van der Waals surface area contributed by atoms with Crippen molar-refractivity contribution in [3.05, 3.63) is 46.4 Å². The molecule has 6 heteroatoms. The molecule has 1 aliphatic rings. The highest BCUT2D eigenvalue weighted by Crippen LogP contribution is 2.26. The summed E-state index contributed by atoms with van der Waals surface area (Å²) in [6.07, 6.45) is 14.7. The SMILES string of the molecule is C#CC(C)(/C=C(N=C(N)c1c(C)c(C=O)cn1NC)\C(C)=C/C)CNC1CC1. The first-order valence-corrected chi connectivity index (χ1v) is 9.55. The first-order chi connectivity index (χ1) is 13.3. The highest BCUT2D eigenvalue weighted by molar-refractivity contribution is 6.00. The third-order valence-corrected chi connectivity index (χ3v) is 5.11. The summed E-state index contributed by atoms with van der Waals surface area (Å²) in [5.41, 5.74) is 12.6. The Labute approximate surface area is 168 Å². The quantitative estimate of drug-likeness (QED) is 0.202. The maximum Gasteiger partial charge on any atom is 0.151 e. The lowest BCUT2D eigenvalue weighted by Crippen LogP contribution is -2.31. The molecule has 1 saturated carbocycles. The first-order valence-electron chi connectivity index (χ1n) is 9.55. The van der Waals surface area contributed by atoms with Crippen LogP contribution in [0.25, 0.3) is 0 Å². The Morgan fingerprint density at radius 1 is 1.54 bits per heavy atom. The molecular weight excluding hydrogens is 350 g/mol. The lowest BCUT2D eigenvalue weighted by Gasteiger charge is -2.21. The van der Waals surface area contributed by atoms with Crippen LogP contribution in [-0.2, 0) is 0 Å². The monoisotopic (exact) mass is 381 g/mol. The molecule has 1 aliphatic carbocycles. The second-order valence-corrected chi connectivity index (χ2v) is 7.48. The molecule has 1 aromatic heterocycles. The average molecular weight is 382 g/mol. The third kappa shape index (κ3) is 4.93. The van der Waals surface area contributed by atoms with Gasteiger partial charge in [-0.15, -0.1) is 6.42 Å². The summed E-state index contributed by atoms with van der Waals surface area (Å²) in [6.45, 7) is 8.49. The van der Waals surface area contributed by atoms with Gasteiger partial charge in [0, 0.05) is 31.4 Å². The van der Waals surface area contributed by atoms with Crippen molar-refractivity contribution in [2.24, 2.45) is 16.1 Å². The van der Waals surface area contributed by atoms with E-state index in [1.54, 1.807) is 17.9 Å².